The first kappa shape index (κ1) is 9.96. The van der Waals surface area contributed by atoms with Gasteiger partial charge in [-0.3, -0.25) is 0 Å². The van der Waals surface area contributed by atoms with E-state index in [-0.39, 0.29) is 0 Å². The van der Waals surface area contributed by atoms with Crippen LogP contribution in [-0.4, -0.2) is 0 Å². The molecule has 0 nitrogen and oxygen atoms in total. The van der Waals surface area contributed by atoms with E-state index in [1.165, 1.54) is 0 Å². The molecule has 60 valence electrons. The van der Waals surface area contributed by atoms with Crippen LogP contribution in [0.4, 0.5) is 0 Å². The minimum Gasteiger partial charge on any atom is -0.103 e. The van der Waals surface area contributed by atoms with Crippen molar-refractivity contribution in [3.05, 3.63) is 49.1 Å². The van der Waals surface area contributed by atoms with Gasteiger partial charge in [0.25, 0.3) is 0 Å². The van der Waals surface area contributed by atoms with E-state index in [1.807, 2.05) is 19.1 Å². The fourth-order valence-corrected chi connectivity index (χ4v) is 0.625. The smallest absolute Gasteiger partial charge is 0.0163 e. The first-order chi connectivity index (χ1) is 5.41. The van der Waals surface area contributed by atoms with Crippen LogP contribution in [0.5, 0.6) is 0 Å². The Hall–Kier alpha value is -1.04. The molecule has 0 radical (unpaired) electrons. The lowest BCUT2D eigenvalue weighted by atomic mass is 10.4. The van der Waals surface area contributed by atoms with Crippen molar-refractivity contribution in [1.29, 1.82) is 0 Å². The van der Waals surface area contributed by atoms with Crippen molar-refractivity contribution >= 4 is 0 Å². The third-order valence-electron chi connectivity index (χ3n) is 1.19. The van der Waals surface area contributed by atoms with Gasteiger partial charge in [-0.05, 0) is 19.8 Å². The molecule has 0 bridgehead atoms. The monoisotopic (exact) mass is 148 g/mol. The van der Waals surface area contributed by atoms with E-state index >= 15 is 0 Å². The summed E-state index contributed by atoms with van der Waals surface area (Å²) in [6.45, 7) is 5.55. The lowest BCUT2D eigenvalue weighted by Crippen LogP contribution is -1.48. The third-order valence-corrected chi connectivity index (χ3v) is 1.19. The maximum atomic E-state index is 3.55. The van der Waals surface area contributed by atoms with Crippen molar-refractivity contribution in [1.82, 2.24) is 0 Å². The van der Waals surface area contributed by atoms with E-state index in [4.69, 9.17) is 0 Å². The Kier molecular flexibility index (Phi) is 8.11. The zero-order valence-electron chi connectivity index (χ0n) is 7.16. The van der Waals surface area contributed by atoms with E-state index in [0.717, 1.165) is 12.8 Å². The Morgan fingerprint density at radius 1 is 1.36 bits per heavy atom. The topological polar surface area (TPSA) is 0 Å². The van der Waals surface area contributed by atoms with Crippen molar-refractivity contribution in [2.75, 3.05) is 0 Å². The van der Waals surface area contributed by atoms with E-state index in [9.17, 15) is 0 Å². The molecule has 0 unspecified atom stereocenters. The summed E-state index contributed by atoms with van der Waals surface area (Å²) in [4.78, 5) is 0. The highest BCUT2D eigenvalue weighted by atomic mass is 13.8. The fraction of sp³-hybridized carbons (Fsp3) is 0.273. The van der Waals surface area contributed by atoms with Gasteiger partial charge in [0.1, 0.15) is 0 Å². The molecule has 0 aromatic rings. The summed E-state index contributed by atoms with van der Waals surface area (Å²) < 4.78 is 0. The van der Waals surface area contributed by atoms with Crippen LogP contribution in [0, 0.1) is 0 Å². The summed E-state index contributed by atoms with van der Waals surface area (Å²) in [7, 11) is 0. The Bertz CT molecular complexity index is 149. The summed E-state index contributed by atoms with van der Waals surface area (Å²) in [5.41, 5.74) is 0. The van der Waals surface area contributed by atoms with Gasteiger partial charge in [0.05, 0.1) is 0 Å². The summed E-state index contributed by atoms with van der Waals surface area (Å²) in [6.07, 6.45) is 16.4. The van der Waals surface area contributed by atoms with Crippen LogP contribution in [0.15, 0.2) is 49.1 Å². The molecule has 1 aliphatic carbocycles. The van der Waals surface area contributed by atoms with Crippen molar-refractivity contribution < 1.29 is 0 Å². The molecule has 0 saturated carbocycles. The summed E-state index contributed by atoms with van der Waals surface area (Å²) in [5, 5.41) is 0. The normalized spacial score (nSPS) is 13.2. The quantitative estimate of drug-likeness (QED) is 0.524. The van der Waals surface area contributed by atoms with Crippen LogP contribution in [0.3, 0.4) is 0 Å². The first-order valence-electron chi connectivity index (χ1n) is 3.95. The molecule has 0 saturated heterocycles. The van der Waals surface area contributed by atoms with Gasteiger partial charge >= 0.3 is 0 Å². The molecule has 0 N–H and O–H groups in total. The van der Waals surface area contributed by atoms with Crippen LogP contribution in [-0.2, 0) is 0 Å². The lowest BCUT2D eigenvalue weighted by Gasteiger charge is -1.69. The highest BCUT2D eigenvalue weighted by molar-refractivity contribution is 5.11. The fourth-order valence-electron chi connectivity index (χ4n) is 0.625. The molecule has 0 aliphatic heterocycles. The van der Waals surface area contributed by atoms with Crippen LogP contribution >= 0.6 is 0 Å². The average Bonchev–Trinajstić information content (AvgIpc) is 2.57. The van der Waals surface area contributed by atoms with E-state index in [0.29, 0.717) is 0 Å². The maximum Gasteiger partial charge on any atom is -0.0163 e. The molecular formula is C11H16. The van der Waals surface area contributed by atoms with Crippen molar-refractivity contribution in [3.63, 3.8) is 0 Å². The molecule has 1 aliphatic rings. The van der Waals surface area contributed by atoms with Crippen LogP contribution in [0.1, 0.15) is 19.8 Å². The van der Waals surface area contributed by atoms with Gasteiger partial charge in [0.2, 0.25) is 0 Å². The number of hydrogen-bond acceptors (Lipinski definition) is 0. The van der Waals surface area contributed by atoms with Gasteiger partial charge in [0, 0.05) is 0 Å². The van der Waals surface area contributed by atoms with Gasteiger partial charge in [-0.25, -0.2) is 0 Å². The van der Waals surface area contributed by atoms with Crippen LogP contribution < -0.4 is 0 Å². The predicted molar refractivity (Wildman–Crippen MR) is 52.5 cm³/mol. The number of rotatable bonds is 2. The SMILES string of the molecule is C1=CCC=C1.C=CCC=CC. The molecule has 0 heterocycles. The van der Waals surface area contributed by atoms with Crippen LogP contribution in [0.25, 0.3) is 0 Å². The molecule has 0 atom stereocenters. The summed E-state index contributed by atoms with van der Waals surface area (Å²) in [6, 6.07) is 0. The zero-order valence-corrected chi connectivity index (χ0v) is 7.16. The van der Waals surface area contributed by atoms with Gasteiger partial charge in [-0.2, -0.15) is 0 Å². The minimum absolute atomic E-state index is 0.997. The van der Waals surface area contributed by atoms with Crippen LogP contribution in [0.2, 0.25) is 0 Å². The predicted octanol–water partition coefficient (Wildman–Crippen LogP) is 3.64. The summed E-state index contributed by atoms with van der Waals surface area (Å²) >= 11 is 0. The summed E-state index contributed by atoms with van der Waals surface area (Å²) in [5.74, 6) is 0. The number of hydrogen-bond donors (Lipinski definition) is 0. The van der Waals surface area contributed by atoms with Gasteiger partial charge in [-0.1, -0.05) is 42.5 Å². The lowest BCUT2D eigenvalue weighted by molar-refractivity contribution is 1.39. The zero-order chi connectivity index (χ0) is 8.36. The molecule has 0 amide bonds. The second kappa shape index (κ2) is 8.96. The van der Waals surface area contributed by atoms with Crippen molar-refractivity contribution in [2.24, 2.45) is 0 Å². The molecule has 0 fully saturated rings. The number of allylic oxidation sites excluding steroid dienone is 7. The first-order valence-corrected chi connectivity index (χ1v) is 3.95. The highest BCUT2D eigenvalue weighted by Crippen LogP contribution is 1.93. The van der Waals surface area contributed by atoms with E-state index in [2.05, 4.69) is 37.0 Å². The standard InChI is InChI=1S/C6H10.C5H6/c1-3-5-6-4-2;1-2-4-5-3-1/h3-4,6H,1,5H2,2H3;1-4H,5H2. The van der Waals surface area contributed by atoms with Crippen molar-refractivity contribution in [3.8, 4) is 0 Å². The molecule has 0 heteroatoms. The second-order valence-corrected chi connectivity index (χ2v) is 2.19. The van der Waals surface area contributed by atoms with Gasteiger partial charge in [0.15, 0.2) is 0 Å². The minimum atomic E-state index is 0.997. The highest BCUT2D eigenvalue weighted by Gasteiger charge is 1.72. The Labute approximate surface area is 69.6 Å². The Morgan fingerprint density at radius 2 is 2.00 bits per heavy atom. The maximum absolute atomic E-state index is 3.55. The molecule has 11 heavy (non-hydrogen) atoms. The van der Waals surface area contributed by atoms with Gasteiger partial charge < -0.3 is 0 Å². The molecule has 0 aromatic carbocycles. The average molecular weight is 148 g/mol. The second-order valence-electron chi connectivity index (χ2n) is 2.19. The molecular weight excluding hydrogens is 132 g/mol. The molecule has 0 aromatic heterocycles. The Morgan fingerprint density at radius 3 is 2.18 bits per heavy atom. The molecule has 0 spiro atoms. The largest absolute Gasteiger partial charge is 0.103 e. The van der Waals surface area contributed by atoms with E-state index in [1.54, 1.807) is 0 Å². The Balaban J connectivity index is 0.000000183. The molecule has 1 rings (SSSR count). The van der Waals surface area contributed by atoms with Gasteiger partial charge in [-0.15, -0.1) is 6.58 Å². The van der Waals surface area contributed by atoms with Crippen molar-refractivity contribution in [2.45, 2.75) is 19.8 Å². The third kappa shape index (κ3) is 8.96. The van der Waals surface area contributed by atoms with E-state index < -0.39 is 0 Å².